The second-order valence-electron chi connectivity index (χ2n) is 6.97. The molecule has 1 heterocycles. The van der Waals surface area contributed by atoms with Crippen molar-refractivity contribution in [3.05, 3.63) is 59.2 Å². The van der Waals surface area contributed by atoms with E-state index in [0.29, 0.717) is 0 Å². The van der Waals surface area contributed by atoms with Gasteiger partial charge in [0.05, 0.1) is 14.2 Å². The number of ether oxygens (including phenoxy) is 2. The van der Waals surface area contributed by atoms with Crippen LogP contribution in [0.15, 0.2) is 42.5 Å². The van der Waals surface area contributed by atoms with Gasteiger partial charge in [-0.3, -0.25) is 0 Å². The fourth-order valence-corrected chi connectivity index (χ4v) is 3.67. The molecular weight excluding hydrogens is 312 g/mol. The molecule has 25 heavy (non-hydrogen) atoms. The van der Waals surface area contributed by atoms with Crippen LogP contribution in [-0.2, 0) is 13.1 Å². The van der Waals surface area contributed by atoms with Crippen molar-refractivity contribution in [1.82, 2.24) is 0 Å². The minimum atomic E-state index is 0.800. The first kappa shape index (κ1) is 17.8. The maximum Gasteiger partial charge on any atom is 0.161 e. The number of aryl methyl sites for hydroxylation is 1. The van der Waals surface area contributed by atoms with Crippen LogP contribution in [0.3, 0.4) is 0 Å². The van der Waals surface area contributed by atoms with Crippen molar-refractivity contribution in [3.8, 4) is 11.5 Å². The smallest absolute Gasteiger partial charge is 0.161 e. The molecule has 0 amide bonds. The number of nitrogens with one attached hydrogen (secondary N) is 2. The molecule has 4 heteroatoms. The second kappa shape index (κ2) is 8.37. The highest BCUT2D eigenvalue weighted by Crippen LogP contribution is 2.27. The molecule has 4 nitrogen and oxygen atoms in total. The van der Waals surface area contributed by atoms with E-state index in [0.717, 1.165) is 24.6 Å². The van der Waals surface area contributed by atoms with Crippen LogP contribution in [0.1, 0.15) is 16.7 Å². The van der Waals surface area contributed by atoms with Gasteiger partial charge in [-0.2, -0.15) is 0 Å². The highest BCUT2D eigenvalue weighted by Gasteiger charge is 2.23. The molecule has 1 aliphatic heterocycles. The van der Waals surface area contributed by atoms with E-state index in [4.69, 9.17) is 9.47 Å². The Labute approximate surface area is 151 Å². The number of quaternary nitrogens is 2. The fraction of sp³-hybridized carbons (Fsp3) is 0.429. The highest BCUT2D eigenvalue weighted by molar-refractivity contribution is 5.42. The van der Waals surface area contributed by atoms with Gasteiger partial charge in [-0.05, 0) is 30.7 Å². The third-order valence-corrected chi connectivity index (χ3v) is 5.27. The van der Waals surface area contributed by atoms with Crippen molar-refractivity contribution < 1.29 is 19.3 Å². The molecule has 134 valence electrons. The molecule has 1 fully saturated rings. The first-order chi connectivity index (χ1) is 12.2. The normalized spacial score (nSPS) is 20.3. The monoisotopic (exact) mass is 342 g/mol. The minimum Gasteiger partial charge on any atom is -0.493 e. The summed E-state index contributed by atoms with van der Waals surface area (Å²) in [6.45, 7) is 9.32. The van der Waals surface area contributed by atoms with Crippen LogP contribution in [0.4, 0.5) is 0 Å². The highest BCUT2D eigenvalue weighted by atomic mass is 16.5. The molecule has 2 aromatic rings. The van der Waals surface area contributed by atoms with Crippen molar-refractivity contribution in [2.75, 3.05) is 40.4 Å². The number of piperazine rings is 1. The molecule has 0 bridgehead atoms. The van der Waals surface area contributed by atoms with E-state index in [-0.39, 0.29) is 0 Å². The average Bonchev–Trinajstić information content (AvgIpc) is 2.65. The Morgan fingerprint density at radius 2 is 1.44 bits per heavy atom. The molecule has 2 N–H and O–H groups in total. The van der Waals surface area contributed by atoms with Gasteiger partial charge in [0.15, 0.2) is 11.5 Å². The summed E-state index contributed by atoms with van der Waals surface area (Å²) in [5.41, 5.74) is 4.21. The number of benzene rings is 2. The molecule has 0 unspecified atom stereocenters. The fourth-order valence-electron chi connectivity index (χ4n) is 3.67. The standard InChI is InChI=1S/C21H28N2O2/c1-17-6-4-5-7-19(17)16-23-12-10-22(11-13-23)15-18-8-9-20(24-2)21(14-18)25-3/h4-9,14H,10-13,15-16H2,1-3H3/p+2. The Morgan fingerprint density at radius 1 is 0.800 bits per heavy atom. The van der Waals surface area contributed by atoms with Gasteiger partial charge in [-0.25, -0.2) is 0 Å². The van der Waals surface area contributed by atoms with E-state index in [1.165, 1.54) is 42.9 Å². The van der Waals surface area contributed by atoms with Crippen molar-refractivity contribution >= 4 is 0 Å². The molecule has 0 spiro atoms. The van der Waals surface area contributed by atoms with Crippen LogP contribution in [0.2, 0.25) is 0 Å². The SMILES string of the molecule is COc1ccc(C[NH+]2CC[NH+](Cc3ccccc3C)CC2)cc1OC. The van der Waals surface area contributed by atoms with Crippen LogP contribution >= 0.6 is 0 Å². The minimum absolute atomic E-state index is 0.800. The van der Waals surface area contributed by atoms with E-state index >= 15 is 0 Å². The lowest BCUT2D eigenvalue weighted by atomic mass is 10.1. The van der Waals surface area contributed by atoms with Gasteiger partial charge in [0.1, 0.15) is 39.3 Å². The maximum atomic E-state index is 5.42. The summed E-state index contributed by atoms with van der Waals surface area (Å²) in [5, 5.41) is 0. The van der Waals surface area contributed by atoms with E-state index in [1.54, 1.807) is 24.0 Å². The lowest BCUT2D eigenvalue weighted by Gasteiger charge is -2.30. The van der Waals surface area contributed by atoms with Gasteiger partial charge in [-0.15, -0.1) is 0 Å². The van der Waals surface area contributed by atoms with Crippen LogP contribution in [0.5, 0.6) is 11.5 Å². The number of hydrogen-bond donors (Lipinski definition) is 2. The zero-order chi connectivity index (χ0) is 17.6. The molecule has 1 aliphatic rings. The maximum absolute atomic E-state index is 5.42. The number of rotatable bonds is 6. The average molecular weight is 342 g/mol. The van der Waals surface area contributed by atoms with Gasteiger partial charge in [0.2, 0.25) is 0 Å². The third kappa shape index (κ3) is 4.53. The van der Waals surface area contributed by atoms with Gasteiger partial charge in [0, 0.05) is 11.1 Å². The lowest BCUT2D eigenvalue weighted by Crippen LogP contribution is -3.27. The van der Waals surface area contributed by atoms with Crippen molar-refractivity contribution in [1.29, 1.82) is 0 Å². The first-order valence-corrected chi connectivity index (χ1v) is 9.12. The van der Waals surface area contributed by atoms with Crippen LogP contribution < -0.4 is 19.3 Å². The molecule has 2 aromatic carbocycles. The van der Waals surface area contributed by atoms with Gasteiger partial charge in [-0.1, -0.05) is 24.3 Å². The molecule has 0 aliphatic carbocycles. The Kier molecular flexibility index (Phi) is 5.95. The van der Waals surface area contributed by atoms with E-state index < -0.39 is 0 Å². The summed E-state index contributed by atoms with van der Waals surface area (Å²) in [4.78, 5) is 3.35. The zero-order valence-corrected chi connectivity index (χ0v) is 15.6. The number of methoxy groups -OCH3 is 2. The van der Waals surface area contributed by atoms with E-state index in [2.05, 4.69) is 43.3 Å². The van der Waals surface area contributed by atoms with Gasteiger partial charge >= 0.3 is 0 Å². The predicted octanol–water partition coefficient (Wildman–Crippen LogP) is 0.496. The van der Waals surface area contributed by atoms with Gasteiger partial charge in [0.25, 0.3) is 0 Å². The van der Waals surface area contributed by atoms with Crippen LogP contribution in [0.25, 0.3) is 0 Å². The van der Waals surface area contributed by atoms with E-state index in [9.17, 15) is 0 Å². The second-order valence-corrected chi connectivity index (χ2v) is 6.97. The summed E-state index contributed by atoms with van der Waals surface area (Å²) >= 11 is 0. The quantitative estimate of drug-likeness (QED) is 0.800. The predicted molar refractivity (Wildman–Crippen MR) is 99.5 cm³/mol. The Balaban J connectivity index is 1.53. The molecular formula is C21H30N2O2+2. The molecule has 3 rings (SSSR count). The zero-order valence-electron chi connectivity index (χ0n) is 15.6. The first-order valence-electron chi connectivity index (χ1n) is 9.12. The topological polar surface area (TPSA) is 27.3 Å². The van der Waals surface area contributed by atoms with Gasteiger partial charge < -0.3 is 19.3 Å². The summed E-state index contributed by atoms with van der Waals surface area (Å²) in [5.74, 6) is 1.62. The molecule has 0 aromatic heterocycles. The molecule has 0 saturated carbocycles. The third-order valence-electron chi connectivity index (χ3n) is 5.27. The lowest BCUT2D eigenvalue weighted by molar-refractivity contribution is -1.02. The Morgan fingerprint density at radius 3 is 2.08 bits per heavy atom. The Bertz CT molecular complexity index is 694. The van der Waals surface area contributed by atoms with Crippen LogP contribution in [0, 0.1) is 6.92 Å². The summed E-state index contributed by atoms with van der Waals surface area (Å²) < 4.78 is 10.7. The van der Waals surface area contributed by atoms with Crippen LogP contribution in [-0.4, -0.2) is 40.4 Å². The van der Waals surface area contributed by atoms with Crippen molar-refractivity contribution in [2.24, 2.45) is 0 Å². The number of hydrogen-bond acceptors (Lipinski definition) is 2. The molecule has 0 atom stereocenters. The summed E-state index contributed by atoms with van der Waals surface area (Å²) in [6, 6.07) is 15.0. The summed E-state index contributed by atoms with van der Waals surface area (Å²) in [7, 11) is 3.38. The largest absolute Gasteiger partial charge is 0.493 e. The Hall–Kier alpha value is -2.04. The summed E-state index contributed by atoms with van der Waals surface area (Å²) in [6.07, 6.45) is 0. The van der Waals surface area contributed by atoms with Crippen molar-refractivity contribution in [2.45, 2.75) is 20.0 Å². The molecule has 0 radical (unpaired) electrons. The molecule has 1 saturated heterocycles. The van der Waals surface area contributed by atoms with E-state index in [1.807, 2.05) is 6.07 Å². The van der Waals surface area contributed by atoms with Crippen molar-refractivity contribution in [3.63, 3.8) is 0 Å².